The van der Waals surface area contributed by atoms with Crippen molar-refractivity contribution in [2.45, 2.75) is 26.7 Å². The Kier molecular flexibility index (Phi) is 6.30. The van der Waals surface area contributed by atoms with Crippen LogP contribution in [-0.4, -0.2) is 80.1 Å². The van der Waals surface area contributed by atoms with Crippen LogP contribution in [0.1, 0.15) is 26.7 Å². The van der Waals surface area contributed by atoms with Crippen LogP contribution < -0.4 is 5.32 Å². The Morgan fingerprint density at radius 1 is 1.05 bits per heavy atom. The molecule has 0 unspecified atom stereocenters. The summed E-state index contributed by atoms with van der Waals surface area (Å²) in [5.74, 6) is 1.54. The van der Waals surface area contributed by atoms with E-state index in [9.17, 15) is 4.79 Å². The van der Waals surface area contributed by atoms with Crippen LogP contribution in [0.25, 0.3) is 0 Å². The molecule has 2 fully saturated rings. The first-order valence-corrected chi connectivity index (χ1v) is 8.50. The highest BCUT2D eigenvalue weighted by molar-refractivity contribution is 5.73. The second-order valence-corrected chi connectivity index (χ2v) is 6.98. The molecule has 0 bridgehead atoms. The van der Waals surface area contributed by atoms with Gasteiger partial charge in [-0.15, -0.1) is 0 Å². The van der Waals surface area contributed by atoms with E-state index < -0.39 is 0 Å². The van der Waals surface area contributed by atoms with Gasteiger partial charge in [-0.3, -0.25) is 0 Å². The number of hydrogen-bond acceptors (Lipinski definition) is 3. The van der Waals surface area contributed by atoms with Gasteiger partial charge in [-0.05, 0) is 24.7 Å². The molecule has 0 saturated carbocycles. The van der Waals surface area contributed by atoms with Crippen LogP contribution in [0.3, 0.4) is 0 Å². The maximum absolute atomic E-state index is 11.6. The molecule has 2 aliphatic rings. The van der Waals surface area contributed by atoms with Crippen LogP contribution in [0.5, 0.6) is 0 Å². The Balaban J connectivity index is 1.65. The van der Waals surface area contributed by atoms with Crippen molar-refractivity contribution in [2.24, 2.45) is 11.8 Å². The zero-order chi connectivity index (χ0) is 15.2. The van der Waals surface area contributed by atoms with E-state index in [4.69, 9.17) is 0 Å². The number of nitrogens with one attached hydrogen (secondary N) is 1. The van der Waals surface area contributed by atoms with Crippen LogP contribution >= 0.6 is 0 Å². The van der Waals surface area contributed by atoms with Crippen molar-refractivity contribution in [2.75, 3.05) is 59.4 Å². The fourth-order valence-electron chi connectivity index (χ4n) is 3.51. The van der Waals surface area contributed by atoms with Crippen molar-refractivity contribution in [3.63, 3.8) is 0 Å². The molecule has 0 aromatic heterocycles. The van der Waals surface area contributed by atoms with Crippen molar-refractivity contribution in [1.29, 1.82) is 0 Å². The summed E-state index contributed by atoms with van der Waals surface area (Å²) in [6.45, 7) is 13.7. The molecule has 2 heterocycles. The molecule has 2 saturated heterocycles. The van der Waals surface area contributed by atoms with Crippen LogP contribution in [0.4, 0.5) is 4.79 Å². The van der Waals surface area contributed by atoms with Gasteiger partial charge in [-0.25, -0.2) is 4.79 Å². The van der Waals surface area contributed by atoms with Crippen molar-refractivity contribution in [3.8, 4) is 0 Å². The van der Waals surface area contributed by atoms with Gasteiger partial charge in [0.2, 0.25) is 0 Å². The fraction of sp³-hybridized carbons (Fsp3) is 0.938. The van der Waals surface area contributed by atoms with Gasteiger partial charge >= 0.3 is 6.03 Å². The Hall–Kier alpha value is -0.810. The zero-order valence-corrected chi connectivity index (χ0v) is 14.0. The molecule has 1 N–H and O–H groups in total. The quantitative estimate of drug-likeness (QED) is 0.850. The second-order valence-electron chi connectivity index (χ2n) is 6.98. The average molecular weight is 296 g/mol. The SMILES string of the molecule is CNC(=O)N1CCC(CN2CCN(CC(C)C)CC2)CC1. The summed E-state index contributed by atoms with van der Waals surface area (Å²) in [5, 5.41) is 2.72. The minimum absolute atomic E-state index is 0.0794. The van der Waals surface area contributed by atoms with Gasteiger partial charge in [0.1, 0.15) is 0 Å². The molecular formula is C16H32N4O. The number of piperazine rings is 1. The molecular weight excluding hydrogens is 264 g/mol. The topological polar surface area (TPSA) is 38.8 Å². The first kappa shape index (κ1) is 16.6. The molecule has 0 aromatic rings. The molecule has 2 rings (SSSR count). The first-order valence-electron chi connectivity index (χ1n) is 8.50. The van der Waals surface area contributed by atoms with E-state index in [0.29, 0.717) is 0 Å². The predicted molar refractivity (Wildman–Crippen MR) is 86.5 cm³/mol. The standard InChI is InChI=1S/C16H32N4O/c1-14(2)12-18-8-10-19(11-9-18)13-15-4-6-20(7-5-15)16(21)17-3/h14-15H,4-13H2,1-3H3,(H,17,21). The third kappa shape index (κ3) is 5.15. The highest BCUT2D eigenvalue weighted by Crippen LogP contribution is 2.19. The number of rotatable bonds is 4. The maximum atomic E-state index is 11.6. The van der Waals surface area contributed by atoms with Gasteiger partial charge in [-0.1, -0.05) is 13.8 Å². The monoisotopic (exact) mass is 296 g/mol. The summed E-state index contributed by atoms with van der Waals surface area (Å²) in [6, 6.07) is 0.0794. The van der Waals surface area contributed by atoms with E-state index in [2.05, 4.69) is 29.0 Å². The fourth-order valence-corrected chi connectivity index (χ4v) is 3.51. The predicted octanol–water partition coefficient (Wildman–Crippen LogP) is 1.31. The lowest BCUT2D eigenvalue weighted by molar-refractivity contribution is 0.0937. The minimum atomic E-state index is 0.0794. The van der Waals surface area contributed by atoms with E-state index in [1.807, 2.05) is 4.90 Å². The smallest absolute Gasteiger partial charge is 0.317 e. The van der Waals surface area contributed by atoms with E-state index in [-0.39, 0.29) is 6.03 Å². The minimum Gasteiger partial charge on any atom is -0.341 e. The third-order valence-electron chi connectivity index (χ3n) is 4.72. The zero-order valence-electron chi connectivity index (χ0n) is 14.0. The van der Waals surface area contributed by atoms with E-state index in [0.717, 1.165) is 37.8 Å². The van der Waals surface area contributed by atoms with E-state index in [1.165, 1.54) is 39.3 Å². The number of nitrogens with zero attached hydrogens (tertiary/aromatic N) is 3. The van der Waals surface area contributed by atoms with Crippen molar-refractivity contribution in [3.05, 3.63) is 0 Å². The molecule has 0 radical (unpaired) electrons. The number of urea groups is 1. The molecule has 0 atom stereocenters. The highest BCUT2D eigenvalue weighted by atomic mass is 16.2. The summed E-state index contributed by atoms with van der Waals surface area (Å²) in [7, 11) is 1.71. The lowest BCUT2D eigenvalue weighted by Crippen LogP contribution is -2.50. The lowest BCUT2D eigenvalue weighted by Gasteiger charge is -2.39. The number of carbonyl (C=O) groups is 1. The molecule has 2 amide bonds. The Morgan fingerprint density at radius 3 is 2.14 bits per heavy atom. The van der Waals surface area contributed by atoms with E-state index >= 15 is 0 Å². The van der Waals surface area contributed by atoms with Gasteiger partial charge in [0.25, 0.3) is 0 Å². The normalized spacial score (nSPS) is 22.8. The molecule has 0 aliphatic carbocycles. The molecule has 0 aromatic carbocycles. The highest BCUT2D eigenvalue weighted by Gasteiger charge is 2.25. The summed E-state index contributed by atoms with van der Waals surface area (Å²) in [4.78, 5) is 18.7. The van der Waals surface area contributed by atoms with E-state index in [1.54, 1.807) is 7.05 Å². The third-order valence-corrected chi connectivity index (χ3v) is 4.72. The van der Waals surface area contributed by atoms with Gasteiger partial charge in [-0.2, -0.15) is 0 Å². The van der Waals surface area contributed by atoms with Gasteiger partial charge < -0.3 is 20.0 Å². The van der Waals surface area contributed by atoms with Crippen molar-refractivity contribution in [1.82, 2.24) is 20.0 Å². The molecule has 21 heavy (non-hydrogen) atoms. The van der Waals surface area contributed by atoms with Crippen molar-refractivity contribution < 1.29 is 4.79 Å². The van der Waals surface area contributed by atoms with Crippen LogP contribution in [-0.2, 0) is 0 Å². The Labute approximate surface area is 129 Å². The van der Waals surface area contributed by atoms with Gasteiger partial charge in [0, 0.05) is 59.4 Å². The van der Waals surface area contributed by atoms with Crippen LogP contribution in [0.15, 0.2) is 0 Å². The summed E-state index contributed by atoms with van der Waals surface area (Å²) >= 11 is 0. The van der Waals surface area contributed by atoms with Crippen LogP contribution in [0, 0.1) is 11.8 Å². The molecule has 5 nitrogen and oxygen atoms in total. The Morgan fingerprint density at radius 2 is 1.62 bits per heavy atom. The summed E-state index contributed by atoms with van der Waals surface area (Å²) in [6.07, 6.45) is 2.30. The lowest BCUT2D eigenvalue weighted by atomic mass is 9.96. The average Bonchev–Trinajstić information content (AvgIpc) is 2.49. The number of hydrogen-bond donors (Lipinski definition) is 1. The number of piperidine rings is 1. The Bertz CT molecular complexity index is 318. The van der Waals surface area contributed by atoms with Crippen LogP contribution in [0.2, 0.25) is 0 Å². The number of likely N-dealkylation sites (tertiary alicyclic amines) is 1. The first-order chi connectivity index (χ1) is 10.1. The largest absolute Gasteiger partial charge is 0.341 e. The van der Waals surface area contributed by atoms with Gasteiger partial charge in [0.15, 0.2) is 0 Å². The molecule has 5 heteroatoms. The number of carbonyl (C=O) groups excluding carboxylic acids is 1. The summed E-state index contributed by atoms with van der Waals surface area (Å²) < 4.78 is 0. The second kappa shape index (κ2) is 7.99. The van der Waals surface area contributed by atoms with Gasteiger partial charge in [0.05, 0.1) is 0 Å². The molecule has 0 spiro atoms. The maximum Gasteiger partial charge on any atom is 0.317 e. The molecule has 2 aliphatic heterocycles. The number of amides is 2. The van der Waals surface area contributed by atoms with Crippen molar-refractivity contribution >= 4 is 6.03 Å². The molecule has 122 valence electrons. The summed E-state index contributed by atoms with van der Waals surface area (Å²) in [5.41, 5.74) is 0.